The Morgan fingerprint density at radius 2 is 1.81 bits per heavy atom. The smallest absolute Gasteiger partial charge is 0.228 e. The summed E-state index contributed by atoms with van der Waals surface area (Å²) in [5, 5.41) is 8.79. The van der Waals surface area contributed by atoms with E-state index in [9.17, 15) is 4.79 Å². The first-order valence-corrected chi connectivity index (χ1v) is 11.2. The molecule has 27 heavy (non-hydrogen) atoms. The molecule has 3 N–H and O–H groups in total. The van der Waals surface area contributed by atoms with Crippen molar-refractivity contribution in [3.63, 3.8) is 0 Å². The number of thiocarbonyl (C=S) groups is 1. The van der Waals surface area contributed by atoms with Crippen LogP contribution in [0.4, 0.5) is 5.69 Å². The van der Waals surface area contributed by atoms with E-state index in [4.69, 9.17) is 47.0 Å². The Labute approximate surface area is 190 Å². The number of unbranched alkanes of at least 4 members (excludes halogenated alkanes) is 5. The third kappa shape index (κ3) is 11.3. The first-order chi connectivity index (χ1) is 12.7. The van der Waals surface area contributed by atoms with Crippen LogP contribution >= 0.6 is 63.0 Å². The molecule has 0 bridgehead atoms. The van der Waals surface area contributed by atoms with Crippen molar-refractivity contribution >= 4 is 79.7 Å². The third-order valence-corrected chi connectivity index (χ3v) is 5.12. The minimum atomic E-state index is -1.75. The molecule has 0 radical (unpaired) electrons. The number of amides is 1. The van der Waals surface area contributed by atoms with Crippen molar-refractivity contribution in [3.05, 3.63) is 28.7 Å². The van der Waals surface area contributed by atoms with Crippen LogP contribution in [0, 0.1) is 0 Å². The minimum Gasteiger partial charge on any atom is -0.339 e. The monoisotopic (exact) mass is 515 g/mol. The van der Waals surface area contributed by atoms with Gasteiger partial charge in [0, 0.05) is 16.6 Å². The molecular weight excluding hydrogens is 493 g/mol. The summed E-state index contributed by atoms with van der Waals surface area (Å²) < 4.78 is -0.847. The predicted molar refractivity (Wildman–Crippen MR) is 124 cm³/mol. The zero-order valence-corrected chi connectivity index (χ0v) is 19.8. The Morgan fingerprint density at radius 1 is 1.15 bits per heavy atom. The van der Waals surface area contributed by atoms with Crippen molar-refractivity contribution in [1.29, 1.82) is 0 Å². The molecule has 9 heteroatoms. The van der Waals surface area contributed by atoms with Gasteiger partial charge < -0.3 is 16.0 Å². The van der Waals surface area contributed by atoms with Crippen LogP contribution in [0.3, 0.4) is 0 Å². The highest BCUT2D eigenvalue weighted by Crippen LogP contribution is 2.29. The molecule has 0 saturated carbocycles. The van der Waals surface area contributed by atoms with Crippen LogP contribution in [0.25, 0.3) is 0 Å². The molecule has 0 aliphatic heterocycles. The van der Waals surface area contributed by atoms with E-state index in [0.29, 0.717) is 6.42 Å². The number of nitrogens with one attached hydrogen (secondary N) is 3. The largest absolute Gasteiger partial charge is 0.339 e. The van der Waals surface area contributed by atoms with Gasteiger partial charge in [-0.3, -0.25) is 4.79 Å². The Balaban J connectivity index is 2.48. The summed E-state index contributed by atoms with van der Waals surface area (Å²) in [6, 6.07) is 7.47. The van der Waals surface area contributed by atoms with E-state index in [0.717, 1.165) is 29.4 Å². The SMILES string of the molecule is CCCCCCCCC(=O)N[C@H](NC(=S)Nc1cccc(Br)c1)C(Cl)(Cl)Cl. The number of halogens is 4. The summed E-state index contributed by atoms with van der Waals surface area (Å²) in [6.45, 7) is 2.17. The van der Waals surface area contributed by atoms with Crippen molar-refractivity contribution in [2.24, 2.45) is 0 Å². The summed E-state index contributed by atoms with van der Waals surface area (Å²) in [4.78, 5) is 12.2. The van der Waals surface area contributed by atoms with Crippen LogP contribution in [0.2, 0.25) is 0 Å². The van der Waals surface area contributed by atoms with Crippen molar-refractivity contribution in [1.82, 2.24) is 10.6 Å². The molecule has 0 aromatic heterocycles. The van der Waals surface area contributed by atoms with Crippen LogP contribution in [-0.4, -0.2) is 21.0 Å². The summed E-state index contributed by atoms with van der Waals surface area (Å²) >= 11 is 26.6. The van der Waals surface area contributed by atoms with Gasteiger partial charge >= 0.3 is 0 Å². The van der Waals surface area contributed by atoms with Crippen LogP contribution in [0.5, 0.6) is 0 Å². The predicted octanol–water partition coefficient (Wildman–Crippen LogP) is 6.30. The maximum atomic E-state index is 12.2. The fraction of sp³-hybridized carbons (Fsp3) is 0.556. The van der Waals surface area contributed by atoms with E-state index in [-0.39, 0.29) is 11.0 Å². The van der Waals surface area contributed by atoms with Gasteiger partial charge in [0.15, 0.2) is 5.11 Å². The molecule has 0 unspecified atom stereocenters. The first-order valence-electron chi connectivity index (χ1n) is 8.91. The Morgan fingerprint density at radius 3 is 2.44 bits per heavy atom. The summed E-state index contributed by atoms with van der Waals surface area (Å²) in [7, 11) is 0. The van der Waals surface area contributed by atoms with Crippen molar-refractivity contribution in [2.45, 2.75) is 61.8 Å². The molecule has 0 heterocycles. The van der Waals surface area contributed by atoms with Gasteiger partial charge in [0.1, 0.15) is 6.17 Å². The number of carbonyl (C=O) groups is 1. The fourth-order valence-electron chi connectivity index (χ4n) is 2.36. The topological polar surface area (TPSA) is 53.2 Å². The molecule has 1 aromatic carbocycles. The van der Waals surface area contributed by atoms with E-state index in [1.807, 2.05) is 24.3 Å². The van der Waals surface area contributed by atoms with Gasteiger partial charge in [-0.15, -0.1) is 0 Å². The van der Waals surface area contributed by atoms with Gasteiger partial charge in [0.25, 0.3) is 0 Å². The van der Waals surface area contributed by atoms with Gasteiger partial charge in [0.2, 0.25) is 9.70 Å². The molecular formula is C18H25BrCl3N3OS. The van der Waals surface area contributed by atoms with Gasteiger partial charge in [-0.05, 0) is 36.8 Å². The molecule has 0 spiro atoms. The van der Waals surface area contributed by atoms with E-state index in [2.05, 4.69) is 38.8 Å². The standard InChI is InChI=1S/C18H25BrCl3N3OS/c1-2-3-4-5-6-7-11-15(26)24-16(18(20,21)22)25-17(27)23-14-10-8-9-13(19)12-14/h8-10,12,16H,2-7,11H2,1H3,(H,24,26)(H2,23,25,27)/t16-/m1/s1. The number of alkyl halides is 3. The highest BCUT2D eigenvalue weighted by atomic mass is 79.9. The zero-order valence-electron chi connectivity index (χ0n) is 15.2. The maximum absolute atomic E-state index is 12.2. The van der Waals surface area contributed by atoms with Gasteiger partial charge in [-0.2, -0.15) is 0 Å². The average Bonchev–Trinajstić information content (AvgIpc) is 2.56. The van der Waals surface area contributed by atoms with Crippen molar-refractivity contribution in [2.75, 3.05) is 5.32 Å². The number of hydrogen-bond donors (Lipinski definition) is 3. The normalized spacial score (nSPS) is 12.3. The Kier molecular flexibility index (Phi) is 12.0. The van der Waals surface area contributed by atoms with E-state index >= 15 is 0 Å². The highest BCUT2D eigenvalue weighted by molar-refractivity contribution is 9.10. The molecule has 0 saturated heterocycles. The van der Waals surface area contributed by atoms with Crippen LogP contribution in [0.15, 0.2) is 28.7 Å². The van der Waals surface area contributed by atoms with Crippen LogP contribution in [0.1, 0.15) is 51.9 Å². The lowest BCUT2D eigenvalue weighted by Crippen LogP contribution is -2.56. The number of rotatable bonds is 10. The lowest BCUT2D eigenvalue weighted by atomic mass is 10.1. The van der Waals surface area contributed by atoms with Gasteiger partial charge in [-0.1, -0.05) is 95.8 Å². The second-order valence-electron chi connectivity index (χ2n) is 6.17. The second kappa shape index (κ2) is 13.0. The van der Waals surface area contributed by atoms with Crippen molar-refractivity contribution in [3.8, 4) is 0 Å². The highest BCUT2D eigenvalue weighted by Gasteiger charge is 2.34. The molecule has 0 aliphatic carbocycles. The zero-order chi connectivity index (χ0) is 20.3. The third-order valence-electron chi connectivity index (χ3n) is 3.75. The number of benzene rings is 1. The van der Waals surface area contributed by atoms with E-state index in [1.54, 1.807) is 0 Å². The molecule has 1 atom stereocenters. The number of anilines is 1. The molecule has 4 nitrogen and oxygen atoms in total. The minimum absolute atomic E-state index is 0.181. The van der Waals surface area contributed by atoms with Gasteiger partial charge in [-0.25, -0.2) is 0 Å². The van der Waals surface area contributed by atoms with E-state index < -0.39 is 9.96 Å². The molecule has 1 amide bonds. The van der Waals surface area contributed by atoms with Crippen LogP contribution in [-0.2, 0) is 4.79 Å². The summed E-state index contributed by atoms with van der Waals surface area (Å²) in [5.74, 6) is -0.181. The molecule has 1 aromatic rings. The maximum Gasteiger partial charge on any atom is 0.228 e. The molecule has 0 aliphatic rings. The Hall–Kier alpha value is -0.270. The van der Waals surface area contributed by atoms with Crippen LogP contribution < -0.4 is 16.0 Å². The molecule has 0 fully saturated rings. The number of hydrogen-bond acceptors (Lipinski definition) is 2. The fourth-order valence-corrected chi connectivity index (χ4v) is 3.33. The number of carbonyl (C=O) groups excluding carboxylic acids is 1. The lowest BCUT2D eigenvalue weighted by Gasteiger charge is -2.27. The second-order valence-corrected chi connectivity index (χ2v) is 9.86. The molecule has 152 valence electrons. The lowest BCUT2D eigenvalue weighted by molar-refractivity contribution is -0.122. The Bertz CT molecular complexity index is 614. The first kappa shape index (κ1) is 24.8. The quantitative estimate of drug-likeness (QED) is 0.148. The average molecular weight is 518 g/mol. The molecule has 1 rings (SSSR count). The summed E-state index contributed by atoms with van der Waals surface area (Å²) in [6.07, 6.45) is 6.03. The summed E-state index contributed by atoms with van der Waals surface area (Å²) in [5.41, 5.74) is 0.767. The van der Waals surface area contributed by atoms with Gasteiger partial charge in [0.05, 0.1) is 0 Å². The van der Waals surface area contributed by atoms with E-state index in [1.165, 1.54) is 19.3 Å². The van der Waals surface area contributed by atoms with Crippen molar-refractivity contribution < 1.29 is 4.79 Å².